The van der Waals surface area contributed by atoms with E-state index in [0.717, 1.165) is 6.42 Å². The van der Waals surface area contributed by atoms with Crippen molar-refractivity contribution in [3.05, 3.63) is 12.2 Å². The topological polar surface area (TPSA) is 46.6 Å². The van der Waals surface area contributed by atoms with Gasteiger partial charge in [0.15, 0.2) is 0 Å². The van der Waals surface area contributed by atoms with E-state index in [1.165, 1.54) is 7.11 Å². The quantitative estimate of drug-likeness (QED) is 0.634. The first-order chi connectivity index (χ1) is 7.49. The van der Waals surface area contributed by atoms with Gasteiger partial charge in [-0.25, -0.2) is 4.79 Å². The molecule has 0 aromatic heterocycles. The molecule has 3 rings (SSSR count). The van der Waals surface area contributed by atoms with Crippen LogP contribution in [-0.4, -0.2) is 36.0 Å². The molecule has 0 aromatic carbocycles. The summed E-state index contributed by atoms with van der Waals surface area (Å²) < 4.78 is 4.78. The molecule has 2 bridgehead atoms. The lowest BCUT2D eigenvalue weighted by Gasteiger charge is -2.52. The number of methoxy groups -OCH3 is 1. The lowest BCUT2D eigenvalue weighted by atomic mass is 9.68. The molecule has 0 spiro atoms. The van der Waals surface area contributed by atoms with Gasteiger partial charge in [0.2, 0.25) is 0 Å². The third-order valence-corrected chi connectivity index (χ3v) is 3.83. The molecular weight excluding hydrogens is 206 g/mol. The van der Waals surface area contributed by atoms with Gasteiger partial charge in [-0.2, -0.15) is 0 Å². The van der Waals surface area contributed by atoms with Crippen molar-refractivity contribution in [1.29, 1.82) is 0 Å². The predicted molar refractivity (Wildman–Crippen MR) is 58.9 cm³/mol. The fourth-order valence-corrected chi connectivity index (χ4v) is 2.87. The molecule has 0 N–H and O–H groups in total. The second kappa shape index (κ2) is 3.61. The van der Waals surface area contributed by atoms with Crippen LogP contribution in [0.3, 0.4) is 0 Å². The van der Waals surface area contributed by atoms with E-state index in [1.807, 2.05) is 13.0 Å². The molecule has 3 aliphatic rings. The number of hydrogen-bond donors (Lipinski definition) is 0. The largest absolute Gasteiger partial charge is 0.453 e. The molecule has 3 atom stereocenters. The van der Waals surface area contributed by atoms with Crippen LogP contribution >= 0.6 is 0 Å². The maximum Gasteiger partial charge on any atom is 0.410 e. The zero-order valence-corrected chi connectivity index (χ0v) is 9.90. The smallest absolute Gasteiger partial charge is 0.410 e. The van der Waals surface area contributed by atoms with Crippen LogP contribution in [0.15, 0.2) is 12.2 Å². The number of rotatable bonds is 1. The van der Waals surface area contributed by atoms with E-state index in [1.54, 1.807) is 11.8 Å². The Morgan fingerprint density at radius 3 is 2.75 bits per heavy atom. The van der Waals surface area contributed by atoms with Crippen molar-refractivity contribution in [3.8, 4) is 0 Å². The molecule has 4 nitrogen and oxygen atoms in total. The highest BCUT2D eigenvalue weighted by Gasteiger charge is 2.50. The average molecular weight is 223 g/mol. The normalized spacial score (nSPS) is 36.3. The molecule has 4 heteroatoms. The van der Waals surface area contributed by atoms with Gasteiger partial charge in [-0.3, -0.25) is 9.69 Å². The molecular formula is C12H17NO3. The van der Waals surface area contributed by atoms with E-state index in [4.69, 9.17) is 4.74 Å². The molecule has 2 heterocycles. The van der Waals surface area contributed by atoms with Crippen molar-refractivity contribution >= 4 is 11.9 Å². The summed E-state index contributed by atoms with van der Waals surface area (Å²) in [5.74, 6) is 0.329. The van der Waals surface area contributed by atoms with Crippen LogP contribution in [0.5, 0.6) is 0 Å². The maximum atomic E-state index is 11.7. The van der Waals surface area contributed by atoms with Crippen molar-refractivity contribution in [1.82, 2.24) is 4.90 Å². The summed E-state index contributed by atoms with van der Waals surface area (Å²) >= 11 is 0. The second-order valence-corrected chi connectivity index (χ2v) is 4.82. The highest BCUT2D eigenvalue weighted by atomic mass is 16.5. The Labute approximate surface area is 95.2 Å². The minimum absolute atomic E-state index is 0.102. The molecule has 0 aromatic rings. The van der Waals surface area contributed by atoms with Gasteiger partial charge in [0, 0.05) is 12.5 Å². The number of hydrogen-bond acceptors (Lipinski definition) is 3. The third-order valence-electron chi connectivity index (χ3n) is 3.83. The molecule has 1 saturated heterocycles. The first-order valence-electron chi connectivity index (χ1n) is 5.54. The second-order valence-electron chi connectivity index (χ2n) is 4.82. The van der Waals surface area contributed by atoms with Gasteiger partial charge in [0.25, 0.3) is 0 Å². The highest BCUT2D eigenvalue weighted by Crippen LogP contribution is 2.43. The maximum absolute atomic E-state index is 11.7. The van der Waals surface area contributed by atoms with E-state index >= 15 is 0 Å². The summed E-state index contributed by atoms with van der Waals surface area (Å²) in [5, 5.41) is 0. The van der Waals surface area contributed by atoms with E-state index in [9.17, 15) is 9.59 Å². The van der Waals surface area contributed by atoms with Crippen molar-refractivity contribution in [3.63, 3.8) is 0 Å². The average Bonchev–Trinajstić information content (AvgIpc) is 2.27. The summed E-state index contributed by atoms with van der Waals surface area (Å²) in [6.45, 7) is 4.19. The first-order valence-corrected chi connectivity index (χ1v) is 5.54. The van der Waals surface area contributed by atoms with Crippen LogP contribution in [0, 0.1) is 11.8 Å². The number of carbonyl (C=O) groups is 2. The number of Topliss-reactive ketones (excluding diaryl/α,β-unsaturated/α-hetero) is 1. The van der Waals surface area contributed by atoms with Crippen LogP contribution in [0.1, 0.15) is 20.3 Å². The van der Waals surface area contributed by atoms with Gasteiger partial charge < -0.3 is 4.74 Å². The summed E-state index contributed by atoms with van der Waals surface area (Å²) in [6, 6.07) is 0. The molecule has 16 heavy (non-hydrogen) atoms. The fourth-order valence-electron chi connectivity index (χ4n) is 2.87. The summed E-state index contributed by atoms with van der Waals surface area (Å²) in [5.41, 5.74) is -0.506. The van der Waals surface area contributed by atoms with Gasteiger partial charge in [-0.05, 0) is 26.2 Å². The highest BCUT2D eigenvalue weighted by molar-refractivity contribution is 5.82. The van der Waals surface area contributed by atoms with Crippen molar-refractivity contribution in [2.75, 3.05) is 13.7 Å². The summed E-state index contributed by atoms with van der Waals surface area (Å²) in [6.07, 6.45) is 4.59. The van der Waals surface area contributed by atoms with Gasteiger partial charge >= 0.3 is 6.09 Å². The molecule has 2 aliphatic heterocycles. The van der Waals surface area contributed by atoms with E-state index in [0.29, 0.717) is 6.54 Å². The van der Waals surface area contributed by atoms with Crippen molar-refractivity contribution in [2.24, 2.45) is 11.8 Å². The Morgan fingerprint density at radius 2 is 2.19 bits per heavy atom. The van der Waals surface area contributed by atoms with Crippen LogP contribution in [0.4, 0.5) is 4.79 Å². The Hall–Kier alpha value is -1.32. The molecule has 0 unspecified atom stereocenters. The minimum atomic E-state index is -0.506. The lowest BCUT2D eigenvalue weighted by molar-refractivity contribution is -0.127. The van der Waals surface area contributed by atoms with Gasteiger partial charge in [-0.1, -0.05) is 12.2 Å². The number of ketones is 1. The van der Waals surface area contributed by atoms with E-state index in [-0.39, 0.29) is 23.7 Å². The monoisotopic (exact) mass is 223 g/mol. The van der Waals surface area contributed by atoms with Crippen molar-refractivity contribution in [2.45, 2.75) is 25.8 Å². The van der Waals surface area contributed by atoms with Gasteiger partial charge in [0.1, 0.15) is 5.78 Å². The lowest BCUT2D eigenvalue weighted by Crippen LogP contribution is -2.62. The minimum Gasteiger partial charge on any atom is -0.453 e. The molecule has 1 amide bonds. The molecule has 0 saturated carbocycles. The van der Waals surface area contributed by atoms with Crippen molar-refractivity contribution < 1.29 is 14.3 Å². The van der Waals surface area contributed by atoms with Crippen LogP contribution in [-0.2, 0) is 9.53 Å². The van der Waals surface area contributed by atoms with Crippen LogP contribution < -0.4 is 0 Å². The number of piperidine rings is 1. The number of carbonyl (C=O) groups excluding carboxylic acids is 2. The molecule has 1 fully saturated rings. The third kappa shape index (κ3) is 1.44. The number of fused-ring (bicyclic) bond motifs is 2. The standard InChI is InChI=1S/C12H17NO3/c1-8(14)10-6-9-4-5-12(10,2)13(7-9)11(15)16-3/h4-5,9-10H,6-7H2,1-3H3/t9-,10+,12+/m1/s1. The van der Waals surface area contributed by atoms with Crippen LogP contribution in [0.2, 0.25) is 0 Å². The Bertz CT molecular complexity index is 363. The Kier molecular flexibility index (Phi) is 2.52. The number of ether oxygens (including phenoxy) is 1. The Balaban J connectivity index is 2.36. The number of nitrogens with zero attached hydrogens (tertiary/aromatic N) is 1. The zero-order valence-electron chi connectivity index (χ0n) is 9.90. The molecule has 1 aliphatic carbocycles. The zero-order chi connectivity index (χ0) is 11.9. The Morgan fingerprint density at radius 1 is 1.50 bits per heavy atom. The summed E-state index contributed by atoms with van der Waals surface area (Å²) in [7, 11) is 1.38. The van der Waals surface area contributed by atoms with Gasteiger partial charge in [0.05, 0.1) is 12.6 Å². The number of amides is 1. The SMILES string of the molecule is COC(=O)N1C[C@@H]2C=C[C@@]1(C)[C@H](C(C)=O)C2. The first kappa shape index (κ1) is 11.2. The van der Waals surface area contributed by atoms with E-state index in [2.05, 4.69) is 6.08 Å². The van der Waals surface area contributed by atoms with E-state index < -0.39 is 5.54 Å². The van der Waals surface area contributed by atoms with Crippen LogP contribution in [0.25, 0.3) is 0 Å². The summed E-state index contributed by atoms with van der Waals surface area (Å²) in [4.78, 5) is 25.0. The molecule has 0 radical (unpaired) electrons. The predicted octanol–water partition coefficient (Wildman–Crippen LogP) is 1.61. The van der Waals surface area contributed by atoms with Gasteiger partial charge in [-0.15, -0.1) is 0 Å². The molecule has 88 valence electrons. The fraction of sp³-hybridized carbons (Fsp3) is 0.667.